The Kier molecular flexibility index (Phi) is 5.97. The van der Waals surface area contributed by atoms with Crippen molar-refractivity contribution in [3.63, 3.8) is 0 Å². The first-order valence-corrected chi connectivity index (χ1v) is 8.26. The summed E-state index contributed by atoms with van der Waals surface area (Å²) in [6.07, 6.45) is 14.1. The van der Waals surface area contributed by atoms with Crippen molar-refractivity contribution >= 4 is 0 Å². The lowest BCUT2D eigenvalue weighted by Gasteiger charge is -2.47. The van der Waals surface area contributed by atoms with E-state index in [1.54, 1.807) is 0 Å². The van der Waals surface area contributed by atoms with Crippen molar-refractivity contribution in [2.24, 2.45) is 0 Å². The first-order chi connectivity index (χ1) is 8.81. The van der Waals surface area contributed by atoms with E-state index in [9.17, 15) is 0 Å². The van der Waals surface area contributed by atoms with Gasteiger partial charge in [-0.25, -0.2) is 0 Å². The standard InChI is InChI=1S/C16H32N2/c1-3-4-5-6-7-11-17-14-12-15-9-8-10-16(13-14)18(15)2/h14-17H,3-13H2,1-2H3. The maximum atomic E-state index is 3.82. The van der Waals surface area contributed by atoms with E-state index in [4.69, 9.17) is 0 Å². The zero-order chi connectivity index (χ0) is 12.8. The fourth-order valence-corrected chi connectivity index (χ4v) is 3.82. The molecule has 2 aliphatic rings. The van der Waals surface area contributed by atoms with Gasteiger partial charge in [-0.15, -0.1) is 0 Å². The molecule has 0 aromatic carbocycles. The van der Waals surface area contributed by atoms with E-state index in [0.29, 0.717) is 0 Å². The number of hydrogen-bond acceptors (Lipinski definition) is 2. The number of nitrogens with zero attached hydrogens (tertiary/aromatic N) is 1. The number of nitrogens with one attached hydrogen (secondary N) is 1. The van der Waals surface area contributed by atoms with Crippen molar-refractivity contribution in [2.75, 3.05) is 13.6 Å². The Morgan fingerprint density at radius 1 is 1.00 bits per heavy atom. The van der Waals surface area contributed by atoms with Gasteiger partial charge in [-0.3, -0.25) is 0 Å². The van der Waals surface area contributed by atoms with E-state index >= 15 is 0 Å². The lowest BCUT2D eigenvalue weighted by Crippen LogP contribution is -2.54. The van der Waals surface area contributed by atoms with Crippen LogP contribution in [0.25, 0.3) is 0 Å². The Morgan fingerprint density at radius 3 is 2.33 bits per heavy atom. The number of unbranched alkanes of at least 4 members (excludes halogenated alkanes) is 4. The Labute approximate surface area is 114 Å². The van der Waals surface area contributed by atoms with Crippen LogP contribution in [-0.2, 0) is 0 Å². The normalized spacial score (nSPS) is 32.7. The molecular weight excluding hydrogens is 220 g/mol. The summed E-state index contributed by atoms with van der Waals surface area (Å²) in [7, 11) is 2.34. The molecule has 2 unspecified atom stereocenters. The van der Waals surface area contributed by atoms with E-state index in [1.807, 2.05) is 0 Å². The van der Waals surface area contributed by atoms with Crippen LogP contribution in [0.4, 0.5) is 0 Å². The van der Waals surface area contributed by atoms with Gasteiger partial charge >= 0.3 is 0 Å². The summed E-state index contributed by atoms with van der Waals surface area (Å²) in [6.45, 7) is 3.53. The molecule has 0 spiro atoms. The van der Waals surface area contributed by atoms with Gasteiger partial charge in [0, 0.05) is 18.1 Å². The maximum Gasteiger partial charge on any atom is 0.0110 e. The summed E-state index contributed by atoms with van der Waals surface area (Å²) in [6, 6.07) is 2.55. The average molecular weight is 252 g/mol. The van der Waals surface area contributed by atoms with Crippen molar-refractivity contribution in [3.8, 4) is 0 Å². The Bertz CT molecular complexity index is 215. The Hall–Kier alpha value is -0.0800. The summed E-state index contributed by atoms with van der Waals surface area (Å²) in [4.78, 5) is 2.66. The molecule has 2 fully saturated rings. The average Bonchev–Trinajstić information content (AvgIpc) is 2.34. The fourth-order valence-electron chi connectivity index (χ4n) is 3.82. The summed E-state index contributed by atoms with van der Waals surface area (Å²) in [5, 5.41) is 3.82. The zero-order valence-corrected chi connectivity index (χ0v) is 12.5. The molecule has 2 rings (SSSR count). The predicted molar refractivity (Wildman–Crippen MR) is 79.0 cm³/mol. The largest absolute Gasteiger partial charge is 0.314 e. The molecule has 0 saturated carbocycles. The minimum atomic E-state index is 0.808. The van der Waals surface area contributed by atoms with E-state index in [2.05, 4.69) is 24.2 Å². The van der Waals surface area contributed by atoms with Crippen LogP contribution >= 0.6 is 0 Å². The third-order valence-electron chi connectivity index (χ3n) is 5.05. The molecule has 1 N–H and O–H groups in total. The van der Waals surface area contributed by atoms with Gasteiger partial charge in [-0.2, -0.15) is 0 Å². The second-order valence-electron chi connectivity index (χ2n) is 6.44. The number of piperidine rings is 2. The lowest BCUT2D eigenvalue weighted by molar-refractivity contribution is 0.0486. The van der Waals surface area contributed by atoms with Crippen LogP contribution in [-0.4, -0.2) is 36.6 Å². The first kappa shape index (κ1) is 14.3. The van der Waals surface area contributed by atoms with Crippen LogP contribution in [0.5, 0.6) is 0 Å². The molecule has 0 aliphatic carbocycles. The van der Waals surface area contributed by atoms with E-state index in [-0.39, 0.29) is 0 Å². The van der Waals surface area contributed by atoms with Crippen LogP contribution in [0.15, 0.2) is 0 Å². The van der Waals surface area contributed by atoms with Gasteiger partial charge in [-0.1, -0.05) is 39.0 Å². The third kappa shape index (κ3) is 3.96. The van der Waals surface area contributed by atoms with Crippen molar-refractivity contribution < 1.29 is 0 Å². The predicted octanol–water partition coefficient (Wildman–Crippen LogP) is 3.56. The molecule has 2 nitrogen and oxygen atoms in total. The van der Waals surface area contributed by atoms with Crippen LogP contribution in [0.3, 0.4) is 0 Å². The monoisotopic (exact) mass is 252 g/mol. The molecule has 2 saturated heterocycles. The van der Waals surface area contributed by atoms with E-state index in [0.717, 1.165) is 18.1 Å². The SMILES string of the molecule is CCCCCCCNC1CC2CCCC(C1)N2C. The zero-order valence-electron chi connectivity index (χ0n) is 12.5. The van der Waals surface area contributed by atoms with Gasteiger partial charge in [0.15, 0.2) is 0 Å². The van der Waals surface area contributed by atoms with Gasteiger partial charge < -0.3 is 10.2 Å². The highest BCUT2D eigenvalue weighted by atomic mass is 15.2. The van der Waals surface area contributed by atoms with Gasteiger partial charge in [0.05, 0.1) is 0 Å². The van der Waals surface area contributed by atoms with Crippen LogP contribution in [0, 0.1) is 0 Å². The quantitative estimate of drug-likeness (QED) is 0.697. The van der Waals surface area contributed by atoms with Crippen molar-refractivity contribution in [3.05, 3.63) is 0 Å². The molecule has 2 aliphatic heterocycles. The molecule has 2 heterocycles. The minimum Gasteiger partial charge on any atom is -0.314 e. The summed E-state index contributed by atoms with van der Waals surface area (Å²) in [5.41, 5.74) is 0. The molecular formula is C16H32N2. The molecule has 2 heteroatoms. The van der Waals surface area contributed by atoms with Gasteiger partial charge in [0.1, 0.15) is 0 Å². The van der Waals surface area contributed by atoms with Crippen LogP contribution < -0.4 is 5.32 Å². The van der Waals surface area contributed by atoms with Gasteiger partial charge in [0.2, 0.25) is 0 Å². The van der Waals surface area contributed by atoms with E-state index in [1.165, 1.54) is 70.8 Å². The minimum absolute atomic E-state index is 0.808. The highest BCUT2D eigenvalue weighted by Crippen LogP contribution is 2.32. The van der Waals surface area contributed by atoms with E-state index < -0.39 is 0 Å². The molecule has 0 aromatic rings. The molecule has 0 aromatic heterocycles. The molecule has 0 radical (unpaired) electrons. The molecule has 106 valence electrons. The third-order valence-corrected chi connectivity index (χ3v) is 5.05. The second kappa shape index (κ2) is 7.49. The highest BCUT2D eigenvalue weighted by molar-refractivity contribution is 4.93. The molecule has 2 atom stereocenters. The summed E-state index contributed by atoms with van der Waals surface area (Å²) >= 11 is 0. The van der Waals surface area contributed by atoms with Crippen molar-refractivity contribution in [2.45, 2.75) is 89.3 Å². The van der Waals surface area contributed by atoms with Gasteiger partial charge in [-0.05, 0) is 45.7 Å². The molecule has 18 heavy (non-hydrogen) atoms. The smallest absolute Gasteiger partial charge is 0.0110 e. The summed E-state index contributed by atoms with van der Waals surface area (Å²) < 4.78 is 0. The van der Waals surface area contributed by atoms with Crippen LogP contribution in [0.1, 0.15) is 71.1 Å². The molecule has 2 bridgehead atoms. The topological polar surface area (TPSA) is 15.3 Å². The first-order valence-electron chi connectivity index (χ1n) is 8.26. The summed E-state index contributed by atoms with van der Waals surface area (Å²) in [5.74, 6) is 0. The van der Waals surface area contributed by atoms with Crippen molar-refractivity contribution in [1.29, 1.82) is 0 Å². The fraction of sp³-hybridized carbons (Fsp3) is 1.00. The Morgan fingerprint density at radius 2 is 1.67 bits per heavy atom. The highest BCUT2D eigenvalue weighted by Gasteiger charge is 2.35. The second-order valence-corrected chi connectivity index (χ2v) is 6.44. The Balaban J connectivity index is 1.60. The molecule has 0 amide bonds. The number of fused-ring (bicyclic) bond motifs is 2. The number of hydrogen-bond donors (Lipinski definition) is 1. The van der Waals surface area contributed by atoms with Crippen LogP contribution in [0.2, 0.25) is 0 Å². The maximum absolute atomic E-state index is 3.82. The number of rotatable bonds is 7. The van der Waals surface area contributed by atoms with Gasteiger partial charge in [0.25, 0.3) is 0 Å². The lowest BCUT2D eigenvalue weighted by atomic mass is 9.82. The van der Waals surface area contributed by atoms with Crippen molar-refractivity contribution in [1.82, 2.24) is 10.2 Å².